The van der Waals surface area contributed by atoms with Gasteiger partial charge in [-0.2, -0.15) is 0 Å². The van der Waals surface area contributed by atoms with E-state index in [9.17, 15) is 4.79 Å². The van der Waals surface area contributed by atoms with Gasteiger partial charge in [-0.05, 0) is 54.1 Å². The molecule has 1 unspecified atom stereocenters. The van der Waals surface area contributed by atoms with Crippen LogP contribution in [0.3, 0.4) is 0 Å². The van der Waals surface area contributed by atoms with Crippen LogP contribution in [0, 0.1) is 17.8 Å². The second-order valence-electron chi connectivity index (χ2n) is 8.90. The summed E-state index contributed by atoms with van der Waals surface area (Å²) in [6.45, 7) is 2.24. The summed E-state index contributed by atoms with van der Waals surface area (Å²) >= 11 is 0. The number of carbonyl (C=O) groups is 1. The van der Waals surface area contributed by atoms with E-state index in [2.05, 4.69) is 31.3 Å². The van der Waals surface area contributed by atoms with E-state index in [-0.39, 0.29) is 17.9 Å². The zero-order valence-corrected chi connectivity index (χ0v) is 22.1. The van der Waals surface area contributed by atoms with Crippen molar-refractivity contribution >= 4 is 17.5 Å². The molecule has 0 radical (unpaired) electrons. The third-order valence-electron chi connectivity index (χ3n) is 5.78. The number of nitrogens with zero attached hydrogens (tertiary/aromatic N) is 4. The molecule has 1 aliphatic heterocycles. The number of carboxylic acid groups (broad SMARTS) is 1. The topological polar surface area (TPSA) is 194 Å². The van der Waals surface area contributed by atoms with Gasteiger partial charge < -0.3 is 25.6 Å². The van der Waals surface area contributed by atoms with Crippen LogP contribution in [0.4, 0.5) is 5.69 Å². The molecule has 1 saturated heterocycles. The smallest absolute Gasteiger partial charge is 0.350 e. The highest BCUT2D eigenvalue weighted by Gasteiger charge is 2.24. The predicted molar refractivity (Wildman–Crippen MR) is 150 cm³/mol. The van der Waals surface area contributed by atoms with E-state index in [0.29, 0.717) is 41.6 Å². The molecule has 2 atom stereocenters. The highest BCUT2D eigenvalue weighted by atomic mass is 16.5. The number of hydrogen-bond donors (Lipinski definition) is 5. The van der Waals surface area contributed by atoms with E-state index in [4.69, 9.17) is 36.9 Å². The number of anilines is 1. The summed E-state index contributed by atoms with van der Waals surface area (Å²) < 4.78 is 12.7. The molecule has 0 aliphatic carbocycles. The Labute approximate surface area is 234 Å². The summed E-state index contributed by atoms with van der Waals surface area (Å²) in [6.07, 6.45) is 9.54. The van der Waals surface area contributed by atoms with Gasteiger partial charge in [-0.3, -0.25) is 15.2 Å². The molecule has 6 N–H and O–H groups in total. The molecule has 13 nitrogen and oxygen atoms in total. The van der Waals surface area contributed by atoms with Gasteiger partial charge >= 0.3 is 5.69 Å². The van der Waals surface area contributed by atoms with E-state index in [1.807, 2.05) is 12.1 Å². The van der Waals surface area contributed by atoms with Crippen LogP contribution in [0.5, 0.6) is 5.75 Å². The molecular weight excluding hydrogens is 528 g/mol. The van der Waals surface area contributed by atoms with Gasteiger partial charge in [-0.1, -0.05) is 5.92 Å². The average Bonchev–Trinajstić information content (AvgIpc) is 3.61. The van der Waals surface area contributed by atoms with Crippen LogP contribution in [0.15, 0.2) is 65.7 Å². The van der Waals surface area contributed by atoms with Gasteiger partial charge in [-0.25, -0.2) is 14.8 Å². The number of amidine groups is 1. The summed E-state index contributed by atoms with van der Waals surface area (Å²) in [5.41, 5.74) is 7.72. The fraction of sp³-hybridized carbons (Fsp3) is 0.214. The van der Waals surface area contributed by atoms with Crippen LogP contribution in [0.2, 0.25) is 0 Å². The first-order valence-corrected chi connectivity index (χ1v) is 12.5. The van der Waals surface area contributed by atoms with E-state index >= 15 is 0 Å². The van der Waals surface area contributed by atoms with Crippen molar-refractivity contribution in [1.82, 2.24) is 24.7 Å². The Hall–Kier alpha value is -5.48. The van der Waals surface area contributed by atoms with Crippen LogP contribution in [-0.4, -0.2) is 61.0 Å². The molecule has 1 aliphatic rings. The van der Waals surface area contributed by atoms with Crippen LogP contribution in [0.25, 0.3) is 5.95 Å². The van der Waals surface area contributed by atoms with Crippen molar-refractivity contribution in [3.05, 3.63) is 93.9 Å². The van der Waals surface area contributed by atoms with Gasteiger partial charge in [0.25, 0.3) is 11.9 Å². The summed E-state index contributed by atoms with van der Waals surface area (Å²) in [7, 11) is 0. The molecule has 5 rings (SSSR count). The molecule has 4 aromatic rings. The maximum Gasteiger partial charge on any atom is 0.350 e. The van der Waals surface area contributed by atoms with Gasteiger partial charge in [0.15, 0.2) is 5.82 Å². The van der Waals surface area contributed by atoms with Crippen LogP contribution >= 0.6 is 0 Å². The van der Waals surface area contributed by atoms with Crippen molar-refractivity contribution in [3.63, 3.8) is 0 Å². The molecule has 210 valence electrons. The first kappa shape index (κ1) is 28.5. The molecule has 3 heterocycles. The maximum atomic E-state index is 12.8. The molecule has 2 aromatic heterocycles. The summed E-state index contributed by atoms with van der Waals surface area (Å²) in [4.78, 5) is 32.9. The normalized spacial score (nSPS) is 14.7. The number of carboxylic acids is 1. The Morgan fingerprint density at radius 3 is 2.61 bits per heavy atom. The minimum atomic E-state index is -0.833. The number of benzene rings is 2. The third kappa shape index (κ3) is 7.55. The SMILES string of the molecule is C#Cc1cc(O[C@H]2CCOC2)cc(C(Nc2ccc(C(=N)N)cc2)c2nn(-c3ncccn3)c(=O)[nH]2)c1.CC(=O)O. The number of ether oxygens (including phenoxy) is 2. The fourth-order valence-corrected chi connectivity index (χ4v) is 3.97. The molecule has 2 aromatic carbocycles. The third-order valence-corrected chi connectivity index (χ3v) is 5.78. The molecule has 0 bridgehead atoms. The molecular formula is C28H28N8O5. The lowest BCUT2D eigenvalue weighted by atomic mass is 10.0. The van der Waals surface area contributed by atoms with Gasteiger partial charge in [-0.15, -0.1) is 16.2 Å². The predicted octanol–water partition coefficient (Wildman–Crippen LogP) is 2.08. The van der Waals surface area contributed by atoms with Crippen molar-refractivity contribution in [1.29, 1.82) is 5.41 Å². The van der Waals surface area contributed by atoms with Crippen molar-refractivity contribution < 1.29 is 19.4 Å². The van der Waals surface area contributed by atoms with E-state index in [1.165, 1.54) is 12.4 Å². The van der Waals surface area contributed by atoms with Crippen molar-refractivity contribution in [3.8, 4) is 24.0 Å². The summed E-state index contributed by atoms with van der Waals surface area (Å²) in [6, 6.07) is 13.5. The molecule has 13 heteroatoms. The van der Waals surface area contributed by atoms with Gasteiger partial charge in [0, 0.05) is 42.6 Å². The standard InChI is InChI=1S/C26H24N8O3.C2H4O2/c1-2-16-12-18(14-21(13-16)37-20-8-11-36-15-20)22(31-19-6-4-17(5-7-19)23(27)28)24-32-26(35)34(33-24)25-29-9-3-10-30-25;1-2(3)4/h1,3-7,9-10,12-14,20,22,31H,8,11,15H2,(H3,27,28)(H,32,33,35);1H3,(H,3,4)/t20-,22?;/m0./s1. The van der Waals surface area contributed by atoms with Gasteiger partial charge in [0.05, 0.1) is 13.2 Å². The van der Waals surface area contributed by atoms with Gasteiger partial charge in [0.2, 0.25) is 0 Å². The number of nitrogens with two attached hydrogens (primary N) is 1. The number of rotatable bonds is 8. The zero-order chi connectivity index (χ0) is 29.4. The minimum Gasteiger partial charge on any atom is -0.488 e. The molecule has 0 spiro atoms. The number of nitrogen functional groups attached to an aromatic ring is 1. The Morgan fingerprint density at radius 1 is 1.29 bits per heavy atom. The second-order valence-corrected chi connectivity index (χ2v) is 8.90. The van der Waals surface area contributed by atoms with E-state index < -0.39 is 17.7 Å². The number of hydrogen-bond acceptors (Lipinski definition) is 9. The van der Waals surface area contributed by atoms with Crippen LogP contribution in [-0.2, 0) is 9.53 Å². The molecule has 41 heavy (non-hydrogen) atoms. The monoisotopic (exact) mass is 556 g/mol. The first-order chi connectivity index (χ1) is 19.7. The zero-order valence-electron chi connectivity index (χ0n) is 22.1. The Bertz CT molecular complexity index is 1600. The van der Waals surface area contributed by atoms with E-state index in [0.717, 1.165) is 23.6 Å². The number of aromatic nitrogens is 5. The van der Waals surface area contributed by atoms with E-state index in [1.54, 1.807) is 36.4 Å². The lowest BCUT2D eigenvalue weighted by molar-refractivity contribution is -0.134. The molecule has 0 amide bonds. The molecule has 0 saturated carbocycles. The lowest BCUT2D eigenvalue weighted by Gasteiger charge is -2.20. The van der Waals surface area contributed by atoms with Crippen molar-refractivity contribution in [2.45, 2.75) is 25.5 Å². The second kappa shape index (κ2) is 13.0. The lowest BCUT2D eigenvalue weighted by Crippen LogP contribution is -2.18. The highest BCUT2D eigenvalue weighted by Crippen LogP contribution is 2.30. The Morgan fingerprint density at radius 2 is 2.00 bits per heavy atom. The number of terminal acetylenes is 1. The summed E-state index contributed by atoms with van der Waals surface area (Å²) in [5.74, 6) is 2.85. The molecule has 1 fully saturated rings. The number of nitrogens with one attached hydrogen (secondary N) is 3. The number of aromatic amines is 1. The number of H-pyrrole nitrogens is 1. The average molecular weight is 557 g/mol. The van der Waals surface area contributed by atoms with Crippen LogP contribution in [0.1, 0.15) is 41.9 Å². The summed E-state index contributed by atoms with van der Waals surface area (Å²) in [5, 5.41) is 22.9. The highest BCUT2D eigenvalue weighted by molar-refractivity contribution is 5.95. The Balaban J connectivity index is 0.000000909. The van der Waals surface area contributed by atoms with Crippen molar-refractivity contribution in [2.75, 3.05) is 18.5 Å². The minimum absolute atomic E-state index is 0.0339. The first-order valence-electron chi connectivity index (χ1n) is 12.5. The largest absolute Gasteiger partial charge is 0.488 e. The maximum absolute atomic E-state index is 12.8. The van der Waals surface area contributed by atoms with Crippen molar-refractivity contribution in [2.24, 2.45) is 5.73 Å². The number of aliphatic carboxylic acids is 1. The van der Waals surface area contributed by atoms with Gasteiger partial charge in [0.1, 0.15) is 23.7 Å². The fourth-order valence-electron chi connectivity index (χ4n) is 3.97. The Kier molecular flexibility index (Phi) is 9.08. The quantitative estimate of drug-likeness (QED) is 0.122. The van der Waals surface area contributed by atoms with Crippen LogP contribution < -0.4 is 21.5 Å².